The van der Waals surface area contributed by atoms with Crippen molar-refractivity contribution in [2.45, 2.75) is 45.2 Å². The third-order valence-corrected chi connectivity index (χ3v) is 7.30. The second kappa shape index (κ2) is 8.44. The molecule has 3 heterocycles. The normalized spacial score (nSPS) is 27.0. The summed E-state index contributed by atoms with van der Waals surface area (Å²) in [5.74, 6) is 0.630. The smallest absolute Gasteiger partial charge is 0.224 e. The van der Waals surface area contributed by atoms with Crippen LogP contribution in [0.2, 0.25) is 0 Å². The second-order valence-electron chi connectivity index (χ2n) is 8.89. The summed E-state index contributed by atoms with van der Waals surface area (Å²) in [4.78, 5) is 29.3. The van der Waals surface area contributed by atoms with Crippen molar-refractivity contribution < 1.29 is 14.3 Å². The average molecular weight is 400 g/mol. The van der Waals surface area contributed by atoms with Crippen LogP contribution in [0.3, 0.4) is 0 Å². The molecule has 0 radical (unpaired) electrons. The van der Waals surface area contributed by atoms with E-state index in [-0.39, 0.29) is 17.9 Å². The number of carbonyl (C=O) groups is 2. The number of fused-ring (bicyclic) bond motifs is 2. The summed E-state index contributed by atoms with van der Waals surface area (Å²) in [5, 5.41) is 2.95. The zero-order valence-electron chi connectivity index (χ0n) is 17.6. The van der Waals surface area contributed by atoms with Crippen LogP contribution in [0.15, 0.2) is 30.3 Å². The number of nitrogens with zero attached hydrogens (tertiary/aromatic N) is 2. The van der Waals surface area contributed by atoms with E-state index in [0.29, 0.717) is 23.8 Å². The van der Waals surface area contributed by atoms with E-state index in [0.717, 1.165) is 57.8 Å². The maximum Gasteiger partial charge on any atom is 0.224 e. The number of carbonyl (C=O) groups excluding carboxylic acids is 2. The van der Waals surface area contributed by atoms with Gasteiger partial charge in [0.05, 0.1) is 25.7 Å². The highest BCUT2D eigenvalue weighted by molar-refractivity contribution is 5.79. The van der Waals surface area contributed by atoms with Crippen molar-refractivity contribution in [1.29, 1.82) is 0 Å². The summed E-state index contributed by atoms with van der Waals surface area (Å²) in [6.07, 6.45) is 2.42. The van der Waals surface area contributed by atoms with Crippen molar-refractivity contribution in [2.24, 2.45) is 11.3 Å². The van der Waals surface area contributed by atoms with Crippen molar-refractivity contribution in [1.82, 2.24) is 15.1 Å². The van der Waals surface area contributed by atoms with E-state index in [9.17, 15) is 9.59 Å². The number of ether oxygens (including phenoxy) is 1. The SMILES string of the molecule is CCN1CC2(CCN(C(=O)CC(NC(C)=O)c3ccccc3)CC2)[C@@H]2COC[C@@H]21. The topological polar surface area (TPSA) is 61.9 Å². The first-order valence-electron chi connectivity index (χ1n) is 10.9. The highest BCUT2D eigenvalue weighted by Crippen LogP contribution is 2.50. The summed E-state index contributed by atoms with van der Waals surface area (Å²) in [5.41, 5.74) is 1.27. The third kappa shape index (κ3) is 4.05. The van der Waals surface area contributed by atoms with Gasteiger partial charge in [0.2, 0.25) is 11.8 Å². The first-order chi connectivity index (χ1) is 14.0. The maximum absolute atomic E-state index is 13.1. The minimum Gasteiger partial charge on any atom is -0.379 e. The highest BCUT2D eigenvalue weighted by Gasteiger charge is 2.55. The molecule has 0 aromatic heterocycles. The summed E-state index contributed by atoms with van der Waals surface area (Å²) in [6, 6.07) is 10.1. The molecule has 29 heavy (non-hydrogen) atoms. The fraction of sp³-hybridized carbons (Fsp3) is 0.652. The Labute approximate surface area is 173 Å². The van der Waals surface area contributed by atoms with Crippen LogP contribution in [0, 0.1) is 11.3 Å². The van der Waals surface area contributed by atoms with Gasteiger partial charge < -0.3 is 15.0 Å². The van der Waals surface area contributed by atoms with Gasteiger partial charge in [0.15, 0.2) is 0 Å². The number of amides is 2. The fourth-order valence-electron chi connectivity index (χ4n) is 5.69. The Morgan fingerprint density at radius 2 is 1.93 bits per heavy atom. The monoisotopic (exact) mass is 399 g/mol. The van der Waals surface area contributed by atoms with Gasteiger partial charge in [-0.1, -0.05) is 37.3 Å². The molecule has 3 fully saturated rings. The number of likely N-dealkylation sites (N-methyl/N-ethyl adjacent to an activating group) is 1. The van der Waals surface area contributed by atoms with Crippen LogP contribution in [-0.4, -0.2) is 67.0 Å². The van der Waals surface area contributed by atoms with E-state index >= 15 is 0 Å². The van der Waals surface area contributed by atoms with E-state index in [1.165, 1.54) is 6.92 Å². The number of hydrogen-bond acceptors (Lipinski definition) is 4. The highest BCUT2D eigenvalue weighted by atomic mass is 16.5. The van der Waals surface area contributed by atoms with Crippen LogP contribution in [0.4, 0.5) is 0 Å². The Bertz CT molecular complexity index is 730. The third-order valence-electron chi connectivity index (χ3n) is 7.30. The maximum atomic E-state index is 13.1. The molecule has 3 atom stereocenters. The number of benzene rings is 1. The Morgan fingerprint density at radius 1 is 1.21 bits per heavy atom. The predicted octanol–water partition coefficient (Wildman–Crippen LogP) is 2.21. The van der Waals surface area contributed by atoms with Crippen molar-refractivity contribution in [3.05, 3.63) is 35.9 Å². The lowest BCUT2D eigenvalue weighted by Gasteiger charge is -2.42. The zero-order valence-corrected chi connectivity index (χ0v) is 17.6. The molecule has 1 aromatic rings. The van der Waals surface area contributed by atoms with Gasteiger partial charge in [-0.3, -0.25) is 14.5 Å². The van der Waals surface area contributed by atoms with Crippen LogP contribution in [0.1, 0.15) is 44.7 Å². The average Bonchev–Trinajstić information content (AvgIpc) is 3.32. The molecule has 6 nitrogen and oxygen atoms in total. The molecule has 4 rings (SSSR count). The molecule has 0 bridgehead atoms. The molecule has 1 spiro atoms. The van der Waals surface area contributed by atoms with Crippen LogP contribution in [0.5, 0.6) is 0 Å². The number of likely N-dealkylation sites (tertiary alicyclic amines) is 2. The van der Waals surface area contributed by atoms with Gasteiger partial charge in [0.25, 0.3) is 0 Å². The van der Waals surface area contributed by atoms with E-state index in [2.05, 4.69) is 17.1 Å². The van der Waals surface area contributed by atoms with Crippen molar-refractivity contribution in [3.8, 4) is 0 Å². The number of hydrogen-bond donors (Lipinski definition) is 1. The predicted molar refractivity (Wildman–Crippen MR) is 111 cm³/mol. The lowest BCUT2D eigenvalue weighted by molar-refractivity contribution is -0.134. The standard InChI is InChI=1S/C23H33N3O3/c1-3-25-16-23(19-14-29-15-21(19)25)9-11-26(12-10-23)22(28)13-20(24-17(2)27)18-7-5-4-6-8-18/h4-8,19-21H,3,9-16H2,1-2H3,(H,24,27)/t19-,20?,21+/m1/s1. The molecular weight excluding hydrogens is 366 g/mol. The summed E-state index contributed by atoms with van der Waals surface area (Å²) in [6.45, 7) is 9.30. The fourth-order valence-corrected chi connectivity index (χ4v) is 5.69. The molecule has 1 N–H and O–H groups in total. The Kier molecular flexibility index (Phi) is 5.93. The zero-order chi connectivity index (χ0) is 20.4. The summed E-state index contributed by atoms with van der Waals surface area (Å²) < 4.78 is 5.82. The lowest BCUT2D eigenvalue weighted by atomic mass is 9.70. The van der Waals surface area contributed by atoms with Gasteiger partial charge >= 0.3 is 0 Å². The van der Waals surface area contributed by atoms with Gasteiger partial charge in [-0.05, 0) is 30.4 Å². The second-order valence-corrected chi connectivity index (χ2v) is 8.89. The molecule has 0 saturated carbocycles. The van der Waals surface area contributed by atoms with E-state index < -0.39 is 0 Å². The Hall–Kier alpha value is -1.92. The van der Waals surface area contributed by atoms with Gasteiger partial charge in [-0.15, -0.1) is 0 Å². The minimum atomic E-state index is -0.272. The molecule has 2 amide bonds. The largest absolute Gasteiger partial charge is 0.379 e. The molecule has 3 aliphatic rings. The quantitative estimate of drug-likeness (QED) is 0.825. The molecule has 1 unspecified atom stereocenters. The van der Waals surface area contributed by atoms with Crippen molar-refractivity contribution >= 4 is 11.8 Å². The molecule has 0 aliphatic carbocycles. The Morgan fingerprint density at radius 3 is 2.59 bits per heavy atom. The van der Waals surface area contributed by atoms with E-state index in [1.54, 1.807) is 0 Å². The summed E-state index contributed by atoms with van der Waals surface area (Å²) in [7, 11) is 0. The molecule has 6 heteroatoms. The van der Waals surface area contributed by atoms with E-state index in [1.807, 2.05) is 35.2 Å². The molecular formula is C23H33N3O3. The molecule has 3 saturated heterocycles. The van der Waals surface area contributed by atoms with Crippen LogP contribution < -0.4 is 5.32 Å². The minimum absolute atomic E-state index is 0.109. The van der Waals surface area contributed by atoms with Gasteiger partial charge in [-0.25, -0.2) is 0 Å². The van der Waals surface area contributed by atoms with Crippen molar-refractivity contribution in [2.75, 3.05) is 39.4 Å². The molecule has 3 aliphatic heterocycles. The summed E-state index contributed by atoms with van der Waals surface area (Å²) >= 11 is 0. The number of nitrogens with one attached hydrogen (secondary N) is 1. The number of rotatable bonds is 5. The molecule has 1 aromatic carbocycles. The first-order valence-corrected chi connectivity index (χ1v) is 10.9. The van der Waals surface area contributed by atoms with Gasteiger partial charge in [0, 0.05) is 38.5 Å². The first kappa shape index (κ1) is 20.4. The number of piperidine rings is 1. The molecule has 158 valence electrons. The van der Waals surface area contributed by atoms with Gasteiger partial charge in [-0.2, -0.15) is 0 Å². The van der Waals surface area contributed by atoms with E-state index in [4.69, 9.17) is 4.74 Å². The Balaban J connectivity index is 1.39. The lowest BCUT2D eigenvalue weighted by Crippen LogP contribution is -2.47. The van der Waals surface area contributed by atoms with Crippen LogP contribution in [-0.2, 0) is 14.3 Å². The van der Waals surface area contributed by atoms with Crippen LogP contribution in [0.25, 0.3) is 0 Å². The van der Waals surface area contributed by atoms with Crippen LogP contribution >= 0.6 is 0 Å². The van der Waals surface area contributed by atoms with Gasteiger partial charge in [0.1, 0.15) is 0 Å². The van der Waals surface area contributed by atoms with Crippen molar-refractivity contribution in [3.63, 3.8) is 0 Å².